The summed E-state index contributed by atoms with van der Waals surface area (Å²) >= 11 is 0. The lowest BCUT2D eigenvalue weighted by molar-refractivity contribution is 0.434. The summed E-state index contributed by atoms with van der Waals surface area (Å²) in [5.74, 6) is 1.71. The molecule has 0 aromatic heterocycles. The molecule has 0 atom stereocenters. The Kier molecular flexibility index (Phi) is 6.01. The molecule has 2 aliphatic heterocycles. The van der Waals surface area contributed by atoms with Crippen LogP contribution in [0.5, 0.6) is 11.5 Å². The standard InChI is InChI=1S/C43H28BNO/c44-33-22-26-40-38(28-33)43(35-15-7-9-17-41(35)46-42-18-10-8-16-36(42)43)37-27-32(30-13-5-2-6-14-30)21-25-39(37)45(40)34-23-19-31(20-24-34)29-11-3-1-4-12-29/h1-28H. The smallest absolute Gasteiger partial charge is 0.132 e. The molecule has 0 saturated heterocycles. The summed E-state index contributed by atoms with van der Waals surface area (Å²) in [6.45, 7) is 0. The van der Waals surface area contributed by atoms with Crippen molar-refractivity contribution in [3.05, 3.63) is 192 Å². The Morgan fingerprint density at radius 2 is 0.891 bits per heavy atom. The van der Waals surface area contributed by atoms with E-state index in [-0.39, 0.29) is 0 Å². The van der Waals surface area contributed by atoms with Gasteiger partial charge in [0, 0.05) is 16.8 Å². The van der Waals surface area contributed by atoms with Crippen molar-refractivity contribution in [3.8, 4) is 33.8 Å². The number of benzene rings is 7. The summed E-state index contributed by atoms with van der Waals surface area (Å²) in [5.41, 5.74) is 12.6. The van der Waals surface area contributed by atoms with Crippen LogP contribution in [-0.2, 0) is 5.41 Å². The van der Waals surface area contributed by atoms with Gasteiger partial charge in [-0.15, -0.1) is 0 Å². The zero-order chi connectivity index (χ0) is 30.7. The van der Waals surface area contributed by atoms with Crippen LogP contribution >= 0.6 is 0 Å². The number of hydrogen-bond donors (Lipinski definition) is 0. The Balaban J connectivity index is 1.37. The molecule has 3 heteroatoms. The zero-order valence-electron chi connectivity index (χ0n) is 25.1. The Morgan fingerprint density at radius 1 is 0.413 bits per heavy atom. The summed E-state index contributed by atoms with van der Waals surface area (Å²) in [6.07, 6.45) is 0. The van der Waals surface area contributed by atoms with Crippen LogP contribution in [0.1, 0.15) is 22.3 Å². The van der Waals surface area contributed by atoms with Crippen molar-refractivity contribution in [2.75, 3.05) is 4.90 Å². The van der Waals surface area contributed by atoms with Crippen molar-refractivity contribution in [3.63, 3.8) is 0 Å². The van der Waals surface area contributed by atoms with Crippen molar-refractivity contribution in [2.24, 2.45) is 0 Å². The van der Waals surface area contributed by atoms with E-state index in [0.29, 0.717) is 0 Å². The summed E-state index contributed by atoms with van der Waals surface area (Å²) in [5, 5.41) is 0. The van der Waals surface area contributed by atoms with E-state index >= 15 is 0 Å². The minimum Gasteiger partial charge on any atom is -0.457 e. The van der Waals surface area contributed by atoms with E-state index in [9.17, 15) is 0 Å². The summed E-state index contributed by atoms with van der Waals surface area (Å²) in [6, 6.07) is 60.1. The fourth-order valence-corrected chi connectivity index (χ4v) is 7.45. The van der Waals surface area contributed by atoms with Crippen LogP contribution < -0.4 is 15.1 Å². The average Bonchev–Trinajstić information content (AvgIpc) is 3.12. The Bertz CT molecular complexity index is 2200. The molecule has 0 saturated carbocycles. The van der Waals surface area contributed by atoms with Gasteiger partial charge in [0.25, 0.3) is 0 Å². The molecule has 2 heterocycles. The maximum atomic E-state index is 6.67. The topological polar surface area (TPSA) is 12.5 Å². The van der Waals surface area contributed by atoms with Crippen LogP contribution in [0.2, 0.25) is 0 Å². The molecule has 0 unspecified atom stereocenters. The first-order chi connectivity index (χ1) is 22.7. The highest BCUT2D eigenvalue weighted by molar-refractivity contribution is 6.32. The highest BCUT2D eigenvalue weighted by atomic mass is 16.5. The van der Waals surface area contributed by atoms with Gasteiger partial charge in [0.1, 0.15) is 19.3 Å². The summed E-state index contributed by atoms with van der Waals surface area (Å²) < 4.78 is 6.60. The molecule has 0 aliphatic carbocycles. The van der Waals surface area contributed by atoms with Crippen LogP contribution in [-0.4, -0.2) is 7.85 Å². The number of rotatable bonds is 3. The lowest BCUT2D eigenvalue weighted by Crippen LogP contribution is -2.40. The maximum absolute atomic E-state index is 6.67. The molecular formula is C43H28BNO. The number of nitrogens with zero attached hydrogens (tertiary/aromatic N) is 1. The molecule has 0 amide bonds. The molecule has 0 bridgehead atoms. The van der Waals surface area contributed by atoms with E-state index in [0.717, 1.165) is 56.3 Å². The first kappa shape index (κ1) is 26.6. The minimum atomic E-state index is -0.670. The second-order valence-corrected chi connectivity index (χ2v) is 12.0. The van der Waals surface area contributed by atoms with E-state index < -0.39 is 5.41 Å². The monoisotopic (exact) mass is 585 g/mol. The zero-order valence-corrected chi connectivity index (χ0v) is 25.1. The van der Waals surface area contributed by atoms with Gasteiger partial charge in [-0.2, -0.15) is 0 Å². The molecule has 46 heavy (non-hydrogen) atoms. The van der Waals surface area contributed by atoms with Gasteiger partial charge in [-0.1, -0.05) is 133 Å². The third kappa shape index (κ3) is 3.92. The third-order valence-corrected chi connectivity index (χ3v) is 9.45. The third-order valence-electron chi connectivity index (χ3n) is 9.45. The predicted octanol–water partition coefficient (Wildman–Crippen LogP) is 10.1. The average molecular weight is 586 g/mol. The van der Waals surface area contributed by atoms with E-state index in [1.54, 1.807) is 0 Å². The van der Waals surface area contributed by atoms with Gasteiger partial charge in [-0.05, 0) is 75.8 Å². The van der Waals surface area contributed by atoms with Gasteiger partial charge in [0.05, 0.1) is 16.8 Å². The van der Waals surface area contributed by atoms with Crippen molar-refractivity contribution >= 4 is 30.4 Å². The molecule has 7 aromatic carbocycles. The SMILES string of the molecule is [B]c1ccc2c(c1)C1(c3ccccc3Oc3ccccc31)c1cc(-c3ccccc3)ccc1N2c1ccc(-c2ccccc2)cc1. The van der Waals surface area contributed by atoms with Crippen LogP contribution in [0.15, 0.2) is 170 Å². The largest absolute Gasteiger partial charge is 0.457 e. The fourth-order valence-electron chi connectivity index (χ4n) is 7.45. The van der Waals surface area contributed by atoms with Crippen molar-refractivity contribution < 1.29 is 4.74 Å². The van der Waals surface area contributed by atoms with Crippen molar-refractivity contribution in [1.29, 1.82) is 0 Å². The fraction of sp³-hybridized carbons (Fsp3) is 0.0233. The number of ether oxygens (including phenoxy) is 1. The number of anilines is 3. The maximum Gasteiger partial charge on any atom is 0.132 e. The molecule has 9 rings (SSSR count). The second kappa shape index (κ2) is 10.4. The minimum absolute atomic E-state index is 0.670. The Hall–Kier alpha value is -5.80. The molecule has 0 fully saturated rings. The predicted molar refractivity (Wildman–Crippen MR) is 189 cm³/mol. The normalized spacial score (nSPS) is 13.6. The summed E-state index contributed by atoms with van der Waals surface area (Å²) in [7, 11) is 6.67. The van der Waals surface area contributed by atoms with Crippen molar-refractivity contribution in [2.45, 2.75) is 5.41 Å². The van der Waals surface area contributed by atoms with Gasteiger partial charge in [-0.3, -0.25) is 0 Å². The van der Waals surface area contributed by atoms with E-state index in [1.807, 2.05) is 18.2 Å². The van der Waals surface area contributed by atoms with Crippen LogP contribution in [0, 0.1) is 0 Å². The first-order valence-corrected chi connectivity index (χ1v) is 15.6. The van der Waals surface area contributed by atoms with Gasteiger partial charge in [0.2, 0.25) is 0 Å². The van der Waals surface area contributed by atoms with E-state index in [1.165, 1.54) is 22.3 Å². The summed E-state index contributed by atoms with van der Waals surface area (Å²) in [4.78, 5) is 2.39. The Morgan fingerprint density at radius 3 is 1.52 bits per heavy atom. The molecule has 7 aromatic rings. The molecule has 214 valence electrons. The molecule has 0 N–H and O–H groups in total. The molecule has 1 spiro atoms. The van der Waals surface area contributed by atoms with E-state index in [4.69, 9.17) is 12.6 Å². The highest BCUT2D eigenvalue weighted by Crippen LogP contribution is 2.62. The molecule has 2 nitrogen and oxygen atoms in total. The van der Waals surface area contributed by atoms with Gasteiger partial charge >= 0.3 is 0 Å². The van der Waals surface area contributed by atoms with Gasteiger partial charge in [-0.25, -0.2) is 0 Å². The molecular weight excluding hydrogens is 557 g/mol. The van der Waals surface area contributed by atoms with Crippen molar-refractivity contribution in [1.82, 2.24) is 0 Å². The molecule has 2 aliphatic rings. The number of para-hydroxylation sites is 2. The van der Waals surface area contributed by atoms with Crippen LogP contribution in [0.3, 0.4) is 0 Å². The van der Waals surface area contributed by atoms with Gasteiger partial charge in [0.15, 0.2) is 0 Å². The van der Waals surface area contributed by atoms with Gasteiger partial charge < -0.3 is 9.64 Å². The lowest BCUT2D eigenvalue weighted by atomic mass is 9.60. The highest BCUT2D eigenvalue weighted by Gasteiger charge is 2.51. The number of fused-ring (bicyclic) bond motifs is 8. The van der Waals surface area contributed by atoms with Crippen LogP contribution in [0.25, 0.3) is 22.3 Å². The molecule has 2 radical (unpaired) electrons. The quantitative estimate of drug-likeness (QED) is 0.191. The lowest BCUT2D eigenvalue weighted by Gasteiger charge is -2.49. The van der Waals surface area contributed by atoms with E-state index in [2.05, 4.69) is 157 Å². The Labute approximate surface area is 270 Å². The van der Waals surface area contributed by atoms with Crippen LogP contribution in [0.4, 0.5) is 17.1 Å². The number of hydrogen-bond acceptors (Lipinski definition) is 2. The second-order valence-electron chi connectivity index (χ2n) is 12.0. The first-order valence-electron chi connectivity index (χ1n) is 15.6.